The molecule has 0 aliphatic heterocycles. The van der Waals surface area contributed by atoms with Crippen LogP contribution >= 0.6 is 0 Å². The summed E-state index contributed by atoms with van der Waals surface area (Å²) in [6.45, 7) is 7.56. The summed E-state index contributed by atoms with van der Waals surface area (Å²) in [5, 5.41) is 3.36. The lowest BCUT2D eigenvalue weighted by Gasteiger charge is -2.27. The number of aromatic nitrogens is 2. The van der Waals surface area contributed by atoms with Crippen molar-refractivity contribution in [2.45, 2.75) is 71.6 Å². The summed E-state index contributed by atoms with van der Waals surface area (Å²) in [7, 11) is 0. The topological polar surface area (TPSA) is 37.8 Å². The molecule has 0 aromatic carbocycles. The molecule has 112 valence electrons. The van der Waals surface area contributed by atoms with Gasteiger partial charge in [0.15, 0.2) is 0 Å². The van der Waals surface area contributed by atoms with Gasteiger partial charge in [0, 0.05) is 24.2 Å². The van der Waals surface area contributed by atoms with E-state index >= 15 is 0 Å². The Hall–Kier alpha value is -1.12. The third-order valence-corrected chi connectivity index (χ3v) is 4.39. The normalized spacial score (nSPS) is 22.8. The molecule has 1 heterocycles. The molecule has 1 aliphatic carbocycles. The number of nitrogens with zero attached hydrogens (tertiary/aromatic N) is 2. The van der Waals surface area contributed by atoms with E-state index in [0.29, 0.717) is 5.92 Å². The number of hydrogen-bond acceptors (Lipinski definition) is 3. The van der Waals surface area contributed by atoms with Gasteiger partial charge >= 0.3 is 0 Å². The van der Waals surface area contributed by atoms with Crippen LogP contribution in [0.3, 0.4) is 0 Å². The molecule has 1 fully saturated rings. The minimum absolute atomic E-state index is 0.572. The molecular formula is C17H29N3. The lowest BCUT2D eigenvalue weighted by Crippen LogP contribution is -2.17. The van der Waals surface area contributed by atoms with Crippen LogP contribution in [-0.4, -0.2) is 16.5 Å². The van der Waals surface area contributed by atoms with Crippen LogP contribution in [-0.2, 0) is 6.42 Å². The molecule has 1 aromatic heterocycles. The summed E-state index contributed by atoms with van der Waals surface area (Å²) in [6, 6.07) is 2.12. The largest absolute Gasteiger partial charge is 0.370 e. The first-order chi connectivity index (χ1) is 9.76. The van der Waals surface area contributed by atoms with Crippen molar-refractivity contribution in [2.24, 2.45) is 5.92 Å². The molecule has 0 bridgehead atoms. The van der Waals surface area contributed by atoms with Gasteiger partial charge in [0.05, 0.1) is 0 Å². The Bertz CT molecular complexity index is 392. The molecule has 0 radical (unpaired) electrons. The molecule has 2 atom stereocenters. The van der Waals surface area contributed by atoms with Crippen LogP contribution in [0.2, 0.25) is 0 Å². The third-order valence-electron chi connectivity index (χ3n) is 4.39. The zero-order chi connectivity index (χ0) is 14.4. The third kappa shape index (κ3) is 3.94. The minimum Gasteiger partial charge on any atom is -0.370 e. The highest BCUT2D eigenvalue weighted by atomic mass is 15.0. The molecule has 0 spiro atoms. The van der Waals surface area contributed by atoms with Crippen LogP contribution in [0.4, 0.5) is 5.82 Å². The van der Waals surface area contributed by atoms with Crippen LogP contribution in [0.15, 0.2) is 6.07 Å². The molecule has 1 saturated carbocycles. The fraction of sp³-hybridized carbons (Fsp3) is 0.765. The van der Waals surface area contributed by atoms with Crippen LogP contribution in [0, 0.1) is 5.92 Å². The van der Waals surface area contributed by atoms with Gasteiger partial charge in [0.2, 0.25) is 0 Å². The van der Waals surface area contributed by atoms with Crippen molar-refractivity contribution in [3.8, 4) is 0 Å². The molecule has 20 heavy (non-hydrogen) atoms. The fourth-order valence-corrected chi connectivity index (χ4v) is 3.25. The second-order valence-electron chi connectivity index (χ2n) is 6.02. The Balaban J connectivity index is 2.19. The smallest absolute Gasteiger partial charge is 0.134 e. The summed E-state index contributed by atoms with van der Waals surface area (Å²) in [4.78, 5) is 9.62. The highest BCUT2D eigenvalue weighted by Gasteiger charge is 2.24. The second kappa shape index (κ2) is 7.61. The summed E-state index contributed by atoms with van der Waals surface area (Å²) in [5.41, 5.74) is 1.20. The summed E-state index contributed by atoms with van der Waals surface area (Å²) < 4.78 is 0. The van der Waals surface area contributed by atoms with E-state index in [1.54, 1.807) is 0 Å². The molecule has 0 saturated heterocycles. The van der Waals surface area contributed by atoms with Crippen LogP contribution in [0.5, 0.6) is 0 Å². The predicted octanol–water partition coefficient (Wildman–Crippen LogP) is 4.54. The summed E-state index contributed by atoms with van der Waals surface area (Å²) >= 11 is 0. The lowest BCUT2D eigenvalue weighted by atomic mass is 9.80. The first kappa shape index (κ1) is 15.3. The molecule has 2 unspecified atom stereocenters. The van der Waals surface area contributed by atoms with E-state index in [2.05, 4.69) is 32.2 Å². The maximum atomic E-state index is 4.85. The second-order valence-corrected chi connectivity index (χ2v) is 6.02. The van der Waals surface area contributed by atoms with Gasteiger partial charge in [-0.3, -0.25) is 0 Å². The maximum absolute atomic E-state index is 4.85. The Morgan fingerprint density at radius 3 is 2.75 bits per heavy atom. The first-order valence-electron chi connectivity index (χ1n) is 8.38. The molecule has 1 aromatic rings. The molecular weight excluding hydrogens is 246 g/mol. The van der Waals surface area contributed by atoms with Crippen molar-refractivity contribution in [3.63, 3.8) is 0 Å². The van der Waals surface area contributed by atoms with Crippen molar-refractivity contribution in [2.75, 3.05) is 11.9 Å². The van der Waals surface area contributed by atoms with Crippen LogP contribution in [0.25, 0.3) is 0 Å². The van der Waals surface area contributed by atoms with Gasteiger partial charge in [0.25, 0.3) is 0 Å². The molecule has 3 nitrogen and oxygen atoms in total. The van der Waals surface area contributed by atoms with E-state index in [4.69, 9.17) is 9.97 Å². The van der Waals surface area contributed by atoms with Gasteiger partial charge in [-0.05, 0) is 32.1 Å². The average molecular weight is 275 g/mol. The number of nitrogens with one attached hydrogen (secondary N) is 1. The quantitative estimate of drug-likeness (QED) is 0.828. The van der Waals surface area contributed by atoms with Crippen molar-refractivity contribution < 1.29 is 0 Å². The highest BCUT2D eigenvalue weighted by molar-refractivity contribution is 5.36. The molecule has 3 heteroatoms. The van der Waals surface area contributed by atoms with Gasteiger partial charge in [-0.1, -0.05) is 39.5 Å². The van der Waals surface area contributed by atoms with Gasteiger partial charge in [-0.2, -0.15) is 0 Å². The van der Waals surface area contributed by atoms with Crippen LogP contribution in [0.1, 0.15) is 76.7 Å². The lowest BCUT2D eigenvalue weighted by molar-refractivity contribution is 0.307. The average Bonchev–Trinajstić information content (AvgIpc) is 2.48. The zero-order valence-corrected chi connectivity index (χ0v) is 13.3. The summed E-state index contributed by atoms with van der Waals surface area (Å²) in [6.07, 6.45) is 8.76. The predicted molar refractivity (Wildman–Crippen MR) is 85.2 cm³/mol. The van der Waals surface area contributed by atoms with Gasteiger partial charge in [-0.25, -0.2) is 9.97 Å². The van der Waals surface area contributed by atoms with E-state index < -0.39 is 0 Å². The van der Waals surface area contributed by atoms with Crippen molar-refractivity contribution in [1.29, 1.82) is 0 Å². The molecule has 1 aliphatic rings. The molecule has 2 rings (SSSR count). The standard InChI is InChI=1S/C17H29N3/c1-4-8-15-12-16(18-6-3)20-17(19-15)14-10-7-9-13(5-2)11-14/h12-14H,4-11H2,1-3H3,(H,18,19,20). The van der Waals surface area contributed by atoms with Crippen molar-refractivity contribution in [3.05, 3.63) is 17.6 Å². The van der Waals surface area contributed by atoms with Gasteiger partial charge in [-0.15, -0.1) is 0 Å². The number of hydrogen-bond donors (Lipinski definition) is 1. The number of aryl methyl sites for hydroxylation is 1. The van der Waals surface area contributed by atoms with Gasteiger partial charge in [0.1, 0.15) is 11.6 Å². The Labute approximate surface area is 123 Å². The Kier molecular flexibility index (Phi) is 5.81. The summed E-state index contributed by atoms with van der Waals surface area (Å²) in [5.74, 6) is 3.54. The molecule has 1 N–H and O–H groups in total. The maximum Gasteiger partial charge on any atom is 0.134 e. The first-order valence-corrected chi connectivity index (χ1v) is 8.38. The Morgan fingerprint density at radius 2 is 2.05 bits per heavy atom. The van der Waals surface area contributed by atoms with Crippen LogP contribution < -0.4 is 5.32 Å². The zero-order valence-electron chi connectivity index (χ0n) is 13.3. The van der Waals surface area contributed by atoms with E-state index in [1.807, 2.05) is 0 Å². The minimum atomic E-state index is 0.572. The van der Waals surface area contributed by atoms with E-state index in [9.17, 15) is 0 Å². The van der Waals surface area contributed by atoms with Crippen molar-refractivity contribution >= 4 is 5.82 Å². The SMILES string of the molecule is CCCc1cc(NCC)nc(C2CCCC(CC)C2)n1. The van der Waals surface area contributed by atoms with E-state index in [0.717, 1.165) is 36.9 Å². The monoisotopic (exact) mass is 275 g/mol. The Morgan fingerprint density at radius 1 is 1.20 bits per heavy atom. The molecule has 0 amide bonds. The van der Waals surface area contributed by atoms with E-state index in [1.165, 1.54) is 37.8 Å². The van der Waals surface area contributed by atoms with Crippen molar-refractivity contribution in [1.82, 2.24) is 9.97 Å². The van der Waals surface area contributed by atoms with E-state index in [-0.39, 0.29) is 0 Å². The fourth-order valence-electron chi connectivity index (χ4n) is 3.25. The highest BCUT2D eigenvalue weighted by Crippen LogP contribution is 2.36. The number of anilines is 1. The number of rotatable bonds is 6. The van der Waals surface area contributed by atoms with Gasteiger partial charge < -0.3 is 5.32 Å².